The van der Waals surface area contributed by atoms with E-state index in [2.05, 4.69) is 42.6 Å². The third kappa shape index (κ3) is 2.34. The highest BCUT2D eigenvalue weighted by Crippen LogP contribution is 2.14. The van der Waals surface area contributed by atoms with Gasteiger partial charge in [-0.2, -0.15) is 0 Å². The van der Waals surface area contributed by atoms with E-state index >= 15 is 0 Å². The minimum absolute atomic E-state index is 0.419. The van der Waals surface area contributed by atoms with Crippen molar-refractivity contribution < 1.29 is 4.74 Å². The quantitative estimate of drug-likeness (QED) is 0.790. The Kier molecular flexibility index (Phi) is 3.17. The maximum Gasteiger partial charge on any atom is 0.0620 e. The number of ether oxygens (including phenoxy) is 1. The van der Waals surface area contributed by atoms with Crippen LogP contribution in [0.4, 0.5) is 0 Å². The highest BCUT2D eigenvalue weighted by molar-refractivity contribution is 5.18. The zero-order valence-corrected chi connectivity index (χ0v) is 8.57. The van der Waals surface area contributed by atoms with Crippen LogP contribution in [0.2, 0.25) is 0 Å². The lowest BCUT2D eigenvalue weighted by Crippen LogP contribution is -2.31. The van der Waals surface area contributed by atoms with Gasteiger partial charge < -0.3 is 10.1 Å². The first-order valence-electron chi connectivity index (χ1n) is 5.25. The molecule has 1 aliphatic rings. The molecule has 1 aliphatic heterocycles. The van der Waals surface area contributed by atoms with Gasteiger partial charge in [0.15, 0.2) is 0 Å². The van der Waals surface area contributed by atoms with E-state index in [1.807, 2.05) is 0 Å². The molecule has 0 spiro atoms. The Hall–Kier alpha value is -0.860. The van der Waals surface area contributed by atoms with Gasteiger partial charge in [-0.1, -0.05) is 30.3 Å². The third-order valence-corrected chi connectivity index (χ3v) is 2.71. The van der Waals surface area contributed by atoms with Crippen LogP contribution in [0, 0.1) is 0 Å². The molecule has 14 heavy (non-hydrogen) atoms. The van der Waals surface area contributed by atoms with E-state index in [1.54, 1.807) is 0 Å². The molecule has 1 heterocycles. The minimum Gasteiger partial charge on any atom is -0.380 e. The van der Waals surface area contributed by atoms with Crippen LogP contribution >= 0.6 is 0 Å². The third-order valence-electron chi connectivity index (χ3n) is 2.71. The molecule has 1 aromatic rings. The first-order valence-corrected chi connectivity index (χ1v) is 5.25. The molecule has 0 aromatic heterocycles. The molecule has 1 unspecified atom stereocenters. The smallest absolute Gasteiger partial charge is 0.0620 e. The molecule has 1 aromatic carbocycles. The number of hydrogen-bond acceptors (Lipinski definition) is 2. The van der Waals surface area contributed by atoms with Gasteiger partial charge in [-0.25, -0.2) is 0 Å². The molecule has 2 atom stereocenters. The Morgan fingerprint density at radius 3 is 2.79 bits per heavy atom. The highest BCUT2D eigenvalue weighted by atomic mass is 16.5. The molecule has 2 heteroatoms. The van der Waals surface area contributed by atoms with E-state index in [9.17, 15) is 0 Å². The van der Waals surface area contributed by atoms with Crippen LogP contribution in [0.3, 0.4) is 0 Å². The zero-order chi connectivity index (χ0) is 9.80. The van der Waals surface area contributed by atoms with Gasteiger partial charge in [0.2, 0.25) is 0 Å². The monoisotopic (exact) mass is 191 g/mol. The largest absolute Gasteiger partial charge is 0.380 e. The second-order valence-electron chi connectivity index (χ2n) is 3.86. The molecule has 0 saturated carbocycles. The average molecular weight is 191 g/mol. The summed E-state index contributed by atoms with van der Waals surface area (Å²) in [5, 5.41) is 3.57. The summed E-state index contributed by atoms with van der Waals surface area (Å²) >= 11 is 0. The lowest BCUT2D eigenvalue weighted by molar-refractivity contribution is 0.188. The predicted octanol–water partition coefficient (Wildman–Crippen LogP) is 2.13. The summed E-state index contributed by atoms with van der Waals surface area (Å²) < 4.78 is 5.33. The van der Waals surface area contributed by atoms with Crippen molar-refractivity contribution in [1.82, 2.24) is 5.32 Å². The summed E-state index contributed by atoms with van der Waals surface area (Å²) in [5.74, 6) is 0. The van der Waals surface area contributed by atoms with E-state index in [0.29, 0.717) is 12.1 Å². The summed E-state index contributed by atoms with van der Waals surface area (Å²) in [7, 11) is 0. The number of rotatable bonds is 3. The van der Waals surface area contributed by atoms with Crippen molar-refractivity contribution in [3.8, 4) is 0 Å². The van der Waals surface area contributed by atoms with Crippen molar-refractivity contribution in [3.05, 3.63) is 35.9 Å². The second-order valence-corrected chi connectivity index (χ2v) is 3.86. The van der Waals surface area contributed by atoms with E-state index in [1.165, 1.54) is 5.56 Å². The molecule has 0 amide bonds. The SMILES string of the molecule is C[C@@H](NC1CCOC1)c1ccccc1. The average Bonchev–Trinajstić information content (AvgIpc) is 2.72. The topological polar surface area (TPSA) is 21.3 Å². The normalized spacial score (nSPS) is 23.6. The van der Waals surface area contributed by atoms with Gasteiger partial charge >= 0.3 is 0 Å². The van der Waals surface area contributed by atoms with Crippen molar-refractivity contribution in [2.24, 2.45) is 0 Å². The molecule has 0 bridgehead atoms. The van der Waals surface area contributed by atoms with Gasteiger partial charge in [-0.15, -0.1) is 0 Å². The molecular weight excluding hydrogens is 174 g/mol. The van der Waals surface area contributed by atoms with Crippen molar-refractivity contribution in [2.75, 3.05) is 13.2 Å². The van der Waals surface area contributed by atoms with Crippen molar-refractivity contribution in [3.63, 3.8) is 0 Å². The van der Waals surface area contributed by atoms with Gasteiger partial charge in [-0.3, -0.25) is 0 Å². The second kappa shape index (κ2) is 4.58. The molecule has 0 radical (unpaired) electrons. The van der Waals surface area contributed by atoms with Crippen LogP contribution in [-0.2, 0) is 4.74 Å². The molecule has 0 aliphatic carbocycles. The Morgan fingerprint density at radius 2 is 2.14 bits per heavy atom. The maximum absolute atomic E-state index is 5.33. The number of benzene rings is 1. The minimum atomic E-state index is 0.419. The molecule has 76 valence electrons. The summed E-state index contributed by atoms with van der Waals surface area (Å²) in [6.07, 6.45) is 1.14. The standard InChI is InChI=1S/C12H17NO/c1-10(11-5-3-2-4-6-11)13-12-7-8-14-9-12/h2-6,10,12-13H,7-9H2,1H3/t10-,12?/m1/s1. The molecule has 2 nitrogen and oxygen atoms in total. The van der Waals surface area contributed by atoms with Crippen LogP contribution in [0.25, 0.3) is 0 Å². The van der Waals surface area contributed by atoms with Crippen LogP contribution in [0.5, 0.6) is 0 Å². The first-order chi connectivity index (χ1) is 6.86. The summed E-state index contributed by atoms with van der Waals surface area (Å²) in [5.41, 5.74) is 1.35. The summed E-state index contributed by atoms with van der Waals surface area (Å²) in [6, 6.07) is 11.5. The number of nitrogens with one attached hydrogen (secondary N) is 1. The molecule has 1 N–H and O–H groups in total. The molecule has 2 rings (SSSR count). The molecular formula is C12H17NO. The maximum atomic E-state index is 5.33. The van der Waals surface area contributed by atoms with Gasteiger partial charge in [0.05, 0.1) is 6.61 Å². The van der Waals surface area contributed by atoms with E-state index in [0.717, 1.165) is 19.6 Å². The van der Waals surface area contributed by atoms with Crippen molar-refractivity contribution in [1.29, 1.82) is 0 Å². The van der Waals surface area contributed by atoms with E-state index in [-0.39, 0.29) is 0 Å². The van der Waals surface area contributed by atoms with Crippen LogP contribution < -0.4 is 5.32 Å². The fourth-order valence-corrected chi connectivity index (χ4v) is 1.86. The van der Waals surface area contributed by atoms with E-state index < -0.39 is 0 Å². The van der Waals surface area contributed by atoms with Crippen LogP contribution in [0.15, 0.2) is 30.3 Å². The fraction of sp³-hybridized carbons (Fsp3) is 0.500. The van der Waals surface area contributed by atoms with Gasteiger partial charge in [0, 0.05) is 18.7 Å². The Morgan fingerprint density at radius 1 is 1.36 bits per heavy atom. The van der Waals surface area contributed by atoms with E-state index in [4.69, 9.17) is 4.74 Å². The van der Waals surface area contributed by atoms with Gasteiger partial charge in [0.25, 0.3) is 0 Å². The number of hydrogen-bond donors (Lipinski definition) is 1. The van der Waals surface area contributed by atoms with Gasteiger partial charge in [0.1, 0.15) is 0 Å². The lowest BCUT2D eigenvalue weighted by Gasteiger charge is -2.18. The Labute approximate surface area is 85.3 Å². The van der Waals surface area contributed by atoms with Crippen LogP contribution in [0.1, 0.15) is 24.9 Å². The van der Waals surface area contributed by atoms with Gasteiger partial charge in [-0.05, 0) is 18.9 Å². The Bertz CT molecular complexity index is 267. The van der Waals surface area contributed by atoms with Crippen LogP contribution in [-0.4, -0.2) is 19.3 Å². The molecule has 1 fully saturated rings. The Balaban J connectivity index is 1.92. The van der Waals surface area contributed by atoms with Crippen molar-refractivity contribution >= 4 is 0 Å². The first kappa shape index (κ1) is 9.69. The predicted molar refractivity (Wildman–Crippen MR) is 57.2 cm³/mol. The van der Waals surface area contributed by atoms with Crippen molar-refractivity contribution in [2.45, 2.75) is 25.4 Å². The highest BCUT2D eigenvalue weighted by Gasteiger charge is 2.17. The zero-order valence-electron chi connectivity index (χ0n) is 8.57. The fourth-order valence-electron chi connectivity index (χ4n) is 1.86. The lowest BCUT2D eigenvalue weighted by atomic mass is 10.1. The molecule has 1 saturated heterocycles. The summed E-state index contributed by atoms with van der Waals surface area (Å²) in [6.45, 7) is 3.96. The summed E-state index contributed by atoms with van der Waals surface area (Å²) in [4.78, 5) is 0.